The van der Waals surface area contributed by atoms with Crippen LogP contribution in [-0.2, 0) is 20.9 Å². The van der Waals surface area contributed by atoms with E-state index < -0.39 is 5.97 Å². The van der Waals surface area contributed by atoms with Gasteiger partial charge in [-0.2, -0.15) is 0 Å². The van der Waals surface area contributed by atoms with Gasteiger partial charge in [0.1, 0.15) is 6.54 Å². The maximum absolute atomic E-state index is 11.8. The minimum absolute atomic E-state index is 0.0514. The highest BCUT2D eigenvalue weighted by molar-refractivity contribution is 5.92. The van der Waals surface area contributed by atoms with E-state index in [-0.39, 0.29) is 31.4 Å². The summed E-state index contributed by atoms with van der Waals surface area (Å²) < 4.78 is 4.58. The van der Waals surface area contributed by atoms with E-state index >= 15 is 0 Å². The van der Waals surface area contributed by atoms with Gasteiger partial charge in [-0.05, 0) is 12.1 Å². The van der Waals surface area contributed by atoms with Crippen LogP contribution in [0.15, 0.2) is 18.3 Å². The normalized spacial score (nSPS) is 15.5. The number of likely N-dealkylation sites (N-methyl/N-ethyl adjacent to an activating group) is 1. The van der Waals surface area contributed by atoms with Gasteiger partial charge in [0.2, 0.25) is 11.8 Å². The molecule has 0 saturated carbocycles. The van der Waals surface area contributed by atoms with Gasteiger partial charge >= 0.3 is 5.97 Å². The Bertz CT molecular complexity index is 541. The number of ether oxygens (including phenoxy) is 1. The molecule has 20 heavy (non-hydrogen) atoms. The van der Waals surface area contributed by atoms with E-state index in [1.807, 2.05) is 0 Å². The zero-order valence-corrected chi connectivity index (χ0v) is 11.3. The first-order chi connectivity index (χ1) is 9.51. The molecule has 1 aliphatic rings. The largest absolute Gasteiger partial charge is 0.465 e. The number of hydrogen-bond donors (Lipinski definition) is 0. The van der Waals surface area contributed by atoms with Gasteiger partial charge in [-0.3, -0.25) is 14.6 Å². The lowest BCUT2D eigenvalue weighted by Gasteiger charge is -2.31. The fourth-order valence-electron chi connectivity index (χ4n) is 1.86. The van der Waals surface area contributed by atoms with Gasteiger partial charge in [0.05, 0.1) is 31.5 Å². The van der Waals surface area contributed by atoms with Crippen LogP contribution >= 0.6 is 0 Å². The molecule has 0 atom stereocenters. The van der Waals surface area contributed by atoms with Crippen LogP contribution in [-0.4, -0.2) is 59.8 Å². The fourth-order valence-corrected chi connectivity index (χ4v) is 1.86. The molecule has 2 amide bonds. The van der Waals surface area contributed by atoms with Crippen LogP contribution in [0.3, 0.4) is 0 Å². The molecule has 0 aliphatic carbocycles. The maximum Gasteiger partial charge on any atom is 0.339 e. The molecular formula is C13H15N3O4. The Balaban J connectivity index is 2.05. The van der Waals surface area contributed by atoms with Crippen molar-refractivity contribution in [3.63, 3.8) is 0 Å². The molecule has 2 rings (SSSR count). The van der Waals surface area contributed by atoms with Crippen molar-refractivity contribution in [3.05, 3.63) is 29.6 Å². The van der Waals surface area contributed by atoms with Crippen LogP contribution in [0.1, 0.15) is 16.1 Å². The summed E-state index contributed by atoms with van der Waals surface area (Å²) in [4.78, 5) is 41.6. The lowest BCUT2D eigenvalue weighted by Crippen LogP contribution is -2.51. The Morgan fingerprint density at radius 3 is 2.65 bits per heavy atom. The molecule has 1 aromatic heterocycles. The highest BCUT2D eigenvalue weighted by atomic mass is 16.5. The summed E-state index contributed by atoms with van der Waals surface area (Å²) in [7, 11) is 2.89. The SMILES string of the molecule is COC(=O)c1ccc(CN2CC(=O)N(C)CC2=O)nc1. The number of aromatic nitrogens is 1. The smallest absolute Gasteiger partial charge is 0.339 e. The number of nitrogens with zero attached hydrogens (tertiary/aromatic N) is 3. The summed E-state index contributed by atoms with van der Waals surface area (Å²) >= 11 is 0. The minimum atomic E-state index is -0.463. The van der Waals surface area contributed by atoms with Crippen LogP contribution in [0.2, 0.25) is 0 Å². The lowest BCUT2D eigenvalue weighted by molar-refractivity contribution is -0.149. The van der Waals surface area contributed by atoms with E-state index in [1.165, 1.54) is 23.1 Å². The van der Waals surface area contributed by atoms with Crippen LogP contribution in [0.25, 0.3) is 0 Å². The zero-order chi connectivity index (χ0) is 14.7. The van der Waals surface area contributed by atoms with E-state index in [2.05, 4.69) is 9.72 Å². The number of hydrogen-bond acceptors (Lipinski definition) is 5. The molecule has 2 heterocycles. The molecule has 0 unspecified atom stereocenters. The van der Waals surface area contributed by atoms with Crippen molar-refractivity contribution in [3.8, 4) is 0 Å². The van der Waals surface area contributed by atoms with Gasteiger partial charge in [-0.1, -0.05) is 0 Å². The Labute approximate surface area is 116 Å². The molecule has 0 N–H and O–H groups in total. The Kier molecular flexibility index (Phi) is 3.97. The van der Waals surface area contributed by atoms with Crippen molar-refractivity contribution in [2.45, 2.75) is 6.54 Å². The second-order valence-electron chi connectivity index (χ2n) is 4.53. The Morgan fingerprint density at radius 2 is 2.05 bits per heavy atom. The summed E-state index contributed by atoms with van der Waals surface area (Å²) in [5.74, 6) is -0.684. The van der Waals surface area contributed by atoms with Crippen molar-refractivity contribution < 1.29 is 19.1 Å². The predicted molar refractivity (Wildman–Crippen MR) is 68.6 cm³/mol. The van der Waals surface area contributed by atoms with Crippen molar-refractivity contribution in [2.24, 2.45) is 0 Å². The van der Waals surface area contributed by atoms with Crippen LogP contribution in [0.5, 0.6) is 0 Å². The van der Waals surface area contributed by atoms with Crippen LogP contribution in [0.4, 0.5) is 0 Å². The first kappa shape index (κ1) is 14.0. The molecule has 1 aromatic rings. The summed E-state index contributed by atoms with van der Waals surface area (Å²) in [5, 5.41) is 0. The predicted octanol–water partition coefficient (Wildman–Crippen LogP) is -0.331. The molecule has 0 bridgehead atoms. The zero-order valence-electron chi connectivity index (χ0n) is 11.3. The van der Waals surface area contributed by atoms with E-state index in [9.17, 15) is 14.4 Å². The van der Waals surface area contributed by atoms with E-state index in [1.54, 1.807) is 19.2 Å². The van der Waals surface area contributed by atoms with Gasteiger partial charge in [-0.15, -0.1) is 0 Å². The molecular weight excluding hydrogens is 262 g/mol. The monoisotopic (exact) mass is 277 g/mol. The van der Waals surface area contributed by atoms with Crippen molar-refractivity contribution >= 4 is 17.8 Å². The average molecular weight is 277 g/mol. The van der Waals surface area contributed by atoms with Crippen LogP contribution in [0, 0.1) is 0 Å². The molecule has 1 saturated heterocycles. The maximum atomic E-state index is 11.8. The van der Waals surface area contributed by atoms with Gasteiger partial charge in [-0.25, -0.2) is 4.79 Å². The number of piperazine rings is 1. The minimum Gasteiger partial charge on any atom is -0.465 e. The molecule has 0 aromatic carbocycles. The molecule has 0 radical (unpaired) electrons. The molecule has 1 fully saturated rings. The number of carbonyl (C=O) groups excluding carboxylic acids is 3. The number of rotatable bonds is 3. The highest BCUT2D eigenvalue weighted by Gasteiger charge is 2.27. The van der Waals surface area contributed by atoms with Crippen molar-refractivity contribution in [1.29, 1.82) is 0 Å². The van der Waals surface area contributed by atoms with Gasteiger partial charge in [0, 0.05) is 13.2 Å². The van der Waals surface area contributed by atoms with Crippen molar-refractivity contribution in [1.82, 2.24) is 14.8 Å². The molecule has 0 spiro atoms. The van der Waals surface area contributed by atoms with Crippen LogP contribution < -0.4 is 0 Å². The standard InChI is InChI=1S/C13H15N3O4/c1-15-7-12(18)16(8-11(15)17)6-10-4-3-9(5-14-10)13(19)20-2/h3-5H,6-8H2,1-2H3. The number of esters is 1. The number of pyridine rings is 1. The summed E-state index contributed by atoms with van der Waals surface area (Å²) in [6.45, 7) is 0.384. The summed E-state index contributed by atoms with van der Waals surface area (Å²) in [5.41, 5.74) is 0.959. The average Bonchev–Trinajstić information content (AvgIpc) is 2.44. The third kappa shape index (κ3) is 2.93. The summed E-state index contributed by atoms with van der Waals surface area (Å²) in [6.07, 6.45) is 1.39. The third-order valence-corrected chi connectivity index (χ3v) is 3.08. The second kappa shape index (κ2) is 5.68. The van der Waals surface area contributed by atoms with E-state index in [0.717, 1.165) is 0 Å². The Morgan fingerprint density at radius 1 is 1.30 bits per heavy atom. The first-order valence-corrected chi connectivity index (χ1v) is 6.06. The quantitative estimate of drug-likeness (QED) is 0.707. The van der Waals surface area contributed by atoms with E-state index in [4.69, 9.17) is 0 Å². The van der Waals surface area contributed by atoms with Gasteiger partial charge in [0.15, 0.2) is 0 Å². The number of methoxy groups -OCH3 is 1. The molecule has 106 valence electrons. The molecule has 1 aliphatic heterocycles. The summed E-state index contributed by atoms with van der Waals surface area (Å²) in [6, 6.07) is 3.22. The first-order valence-electron chi connectivity index (χ1n) is 6.06. The van der Waals surface area contributed by atoms with Gasteiger partial charge in [0.25, 0.3) is 0 Å². The number of carbonyl (C=O) groups is 3. The van der Waals surface area contributed by atoms with Gasteiger partial charge < -0.3 is 14.5 Å². The number of amides is 2. The fraction of sp³-hybridized carbons (Fsp3) is 0.385. The second-order valence-corrected chi connectivity index (χ2v) is 4.53. The third-order valence-electron chi connectivity index (χ3n) is 3.08. The highest BCUT2D eigenvalue weighted by Crippen LogP contribution is 2.09. The molecule has 7 heteroatoms. The Hall–Kier alpha value is -2.44. The van der Waals surface area contributed by atoms with Crippen molar-refractivity contribution in [2.75, 3.05) is 27.2 Å². The topological polar surface area (TPSA) is 79.8 Å². The molecule has 7 nitrogen and oxygen atoms in total. The van der Waals surface area contributed by atoms with E-state index in [0.29, 0.717) is 11.3 Å². The lowest BCUT2D eigenvalue weighted by atomic mass is 10.2.